The van der Waals surface area contributed by atoms with Crippen molar-refractivity contribution in [3.8, 4) is 0 Å². The number of piperazine rings is 1. The molecule has 3 N–H and O–H groups in total. The van der Waals surface area contributed by atoms with E-state index < -0.39 is 17.9 Å². The summed E-state index contributed by atoms with van der Waals surface area (Å²) in [5.41, 5.74) is 1.35. The van der Waals surface area contributed by atoms with Crippen molar-refractivity contribution in [2.24, 2.45) is 0 Å². The minimum absolute atomic E-state index is 0.428. The number of likely N-dealkylation sites (N-methyl/N-ethyl adjacent to an activating group) is 1. The Kier molecular flexibility index (Phi) is 4.13. The van der Waals surface area contributed by atoms with Gasteiger partial charge < -0.3 is 20.6 Å². The highest BCUT2D eigenvalue weighted by atomic mass is 16.3. The van der Waals surface area contributed by atoms with Crippen LogP contribution < -0.4 is 15.5 Å². The van der Waals surface area contributed by atoms with Gasteiger partial charge >= 0.3 is 11.8 Å². The van der Waals surface area contributed by atoms with Gasteiger partial charge in [-0.3, -0.25) is 9.59 Å². The van der Waals surface area contributed by atoms with Crippen molar-refractivity contribution in [2.45, 2.75) is 6.10 Å². The summed E-state index contributed by atoms with van der Waals surface area (Å²) < 4.78 is 0. The fourth-order valence-corrected chi connectivity index (χ4v) is 2.04. The van der Waals surface area contributed by atoms with Crippen LogP contribution >= 0.6 is 0 Å². The van der Waals surface area contributed by atoms with Gasteiger partial charge in [0.05, 0.1) is 6.10 Å². The highest BCUT2D eigenvalue weighted by Crippen LogP contribution is 2.21. The third kappa shape index (κ3) is 2.91. The van der Waals surface area contributed by atoms with E-state index in [9.17, 15) is 14.7 Å². The lowest BCUT2D eigenvalue weighted by Crippen LogP contribution is -2.52. The van der Waals surface area contributed by atoms with Gasteiger partial charge in [-0.2, -0.15) is 0 Å². The summed E-state index contributed by atoms with van der Waals surface area (Å²) in [5.74, 6) is -1.15. The van der Waals surface area contributed by atoms with Gasteiger partial charge in [0.15, 0.2) is 0 Å². The maximum absolute atomic E-state index is 11.8. The van der Waals surface area contributed by atoms with Crippen LogP contribution in [0.5, 0.6) is 0 Å². The number of hydrogen-bond donors (Lipinski definition) is 3. The Labute approximate surface area is 111 Å². The highest BCUT2D eigenvalue weighted by molar-refractivity contribution is 6.41. The number of nitrogens with zero attached hydrogens (tertiary/aromatic N) is 1. The molecule has 1 aliphatic heterocycles. The van der Waals surface area contributed by atoms with E-state index >= 15 is 0 Å². The molecule has 19 heavy (non-hydrogen) atoms. The van der Waals surface area contributed by atoms with Gasteiger partial charge in [0.1, 0.15) is 0 Å². The van der Waals surface area contributed by atoms with E-state index in [4.69, 9.17) is 0 Å². The van der Waals surface area contributed by atoms with Gasteiger partial charge in [-0.25, -0.2) is 0 Å². The van der Waals surface area contributed by atoms with Gasteiger partial charge in [-0.1, -0.05) is 12.1 Å². The van der Waals surface area contributed by atoms with Crippen LogP contribution in [-0.4, -0.2) is 43.6 Å². The Balaban J connectivity index is 2.23. The van der Waals surface area contributed by atoms with E-state index in [2.05, 4.69) is 10.6 Å². The summed E-state index contributed by atoms with van der Waals surface area (Å²) in [6.07, 6.45) is -0.640. The minimum atomic E-state index is -0.640. The Morgan fingerprint density at radius 2 is 2.26 bits per heavy atom. The van der Waals surface area contributed by atoms with Gasteiger partial charge in [0.2, 0.25) is 0 Å². The zero-order chi connectivity index (χ0) is 13.8. The van der Waals surface area contributed by atoms with Crippen LogP contribution in [0.15, 0.2) is 24.3 Å². The fourth-order valence-electron chi connectivity index (χ4n) is 2.04. The lowest BCUT2D eigenvalue weighted by Gasteiger charge is -2.27. The van der Waals surface area contributed by atoms with E-state index in [1.165, 1.54) is 4.90 Å². The molecule has 1 aliphatic rings. The number of aliphatic hydroxyl groups excluding tert-OH is 1. The quantitative estimate of drug-likeness (QED) is 0.634. The van der Waals surface area contributed by atoms with E-state index in [0.29, 0.717) is 30.9 Å². The van der Waals surface area contributed by atoms with Gasteiger partial charge in [0, 0.05) is 25.3 Å². The fraction of sp³-hybridized carbons (Fsp3) is 0.385. The molecule has 6 nitrogen and oxygen atoms in total. The Bertz CT molecular complexity index is 490. The molecule has 1 unspecified atom stereocenters. The standard InChI is InChI=1S/C13H17N3O3/c1-14-8-11(17)9-3-2-4-10(7-9)16-6-5-15-12(18)13(16)19/h2-4,7,11,14,17H,5-6,8H2,1H3,(H,15,18). The molecule has 1 aromatic carbocycles. The first-order valence-electron chi connectivity index (χ1n) is 6.16. The van der Waals surface area contributed by atoms with Crippen molar-refractivity contribution in [3.05, 3.63) is 29.8 Å². The molecule has 0 aliphatic carbocycles. The van der Waals surface area contributed by atoms with Crippen molar-refractivity contribution in [1.29, 1.82) is 0 Å². The molecule has 1 heterocycles. The number of carbonyl (C=O) groups excluding carboxylic acids is 2. The smallest absolute Gasteiger partial charge is 0.316 e. The third-order valence-corrected chi connectivity index (χ3v) is 3.02. The van der Waals surface area contributed by atoms with Crippen molar-refractivity contribution in [3.63, 3.8) is 0 Å². The van der Waals surface area contributed by atoms with Crippen LogP contribution in [0, 0.1) is 0 Å². The maximum atomic E-state index is 11.8. The number of hydrogen-bond acceptors (Lipinski definition) is 4. The Hall–Kier alpha value is -1.92. The zero-order valence-electron chi connectivity index (χ0n) is 10.7. The molecular weight excluding hydrogens is 246 g/mol. The largest absolute Gasteiger partial charge is 0.387 e. The summed E-state index contributed by atoms with van der Waals surface area (Å²) in [7, 11) is 1.76. The molecule has 0 spiro atoms. The number of nitrogens with one attached hydrogen (secondary N) is 2. The molecule has 1 fully saturated rings. The van der Waals surface area contributed by atoms with Crippen LogP contribution in [-0.2, 0) is 9.59 Å². The third-order valence-electron chi connectivity index (χ3n) is 3.02. The number of carbonyl (C=O) groups is 2. The molecule has 0 radical (unpaired) electrons. The van der Waals surface area contributed by atoms with Crippen molar-refractivity contribution >= 4 is 17.5 Å². The number of rotatable bonds is 4. The normalized spacial score (nSPS) is 17.3. The average Bonchev–Trinajstić information content (AvgIpc) is 2.42. The first-order valence-corrected chi connectivity index (χ1v) is 6.16. The van der Waals surface area contributed by atoms with Crippen LogP contribution in [0.1, 0.15) is 11.7 Å². The Morgan fingerprint density at radius 1 is 1.47 bits per heavy atom. The maximum Gasteiger partial charge on any atom is 0.316 e. The van der Waals surface area contributed by atoms with E-state index in [1.807, 2.05) is 0 Å². The first-order chi connectivity index (χ1) is 9.13. The molecule has 0 bridgehead atoms. The molecule has 102 valence electrons. The van der Waals surface area contributed by atoms with Gasteiger partial charge in [0.25, 0.3) is 0 Å². The lowest BCUT2D eigenvalue weighted by atomic mass is 10.1. The monoisotopic (exact) mass is 263 g/mol. The van der Waals surface area contributed by atoms with Crippen LogP contribution in [0.2, 0.25) is 0 Å². The lowest BCUT2D eigenvalue weighted by molar-refractivity contribution is -0.138. The molecule has 6 heteroatoms. The van der Waals surface area contributed by atoms with E-state index in [-0.39, 0.29) is 0 Å². The zero-order valence-corrected chi connectivity index (χ0v) is 10.7. The first kappa shape index (κ1) is 13.5. The topological polar surface area (TPSA) is 81.7 Å². The number of aliphatic hydroxyl groups is 1. The number of anilines is 1. The second-order valence-corrected chi connectivity index (χ2v) is 4.38. The minimum Gasteiger partial charge on any atom is -0.387 e. The molecule has 2 rings (SSSR count). The molecule has 2 amide bonds. The summed E-state index contributed by atoms with van der Waals surface area (Å²) >= 11 is 0. The van der Waals surface area contributed by atoms with Crippen molar-refractivity contribution < 1.29 is 14.7 Å². The van der Waals surface area contributed by atoms with E-state index in [0.717, 1.165) is 0 Å². The predicted octanol–water partition coefficient (Wildman–Crippen LogP) is -0.598. The molecule has 1 aromatic rings. The average molecular weight is 263 g/mol. The molecular formula is C13H17N3O3. The van der Waals surface area contributed by atoms with E-state index in [1.54, 1.807) is 31.3 Å². The Morgan fingerprint density at radius 3 is 3.00 bits per heavy atom. The molecule has 1 atom stereocenters. The summed E-state index contributed by atoms with van der Waals surface area (Å²) in [6, 6.07) is 7.05. The second-order valence-electron chi connectivity index (χ2n) is 4.38. The van der Waals surface area contributed by atoms with Gasteiger partial charge in [-0.15, -0.1) is 0 Å². The van der Waals surface area contributed by atoms with Crippen molar-refractivity contribution in [1.82, 2.24) is 10.6 Å². The van der Waals surface area contributed by atoms with Gasteiger partial charge in [-0.05, 0) is 24.7 Å². The summed E-state index contributed by atoms with van der Waals surface area (Å²) in [5, 5.41) is 15.3. The van der Waals surface area contributed by atoms with Crippen LogP contribution in [0.4, 0.5) is 5.69 Å². The molecule has 1 saturated heterocycles. The predicted molar refractivity (Wildman–Crippen MR) is 70.7 cm³/mol. The molecule has 0 saturated carbocycles. The summed E-state index contributed by atoms with van der Waals surface area (Å²) in [6.45, 7) is 1.31. The van der Waals surface area contributed by atoms with Crippen molar-refractivity contribution in [2.75, 3.05) is 31.6 Å². The SMILES string of the molecule is CNCC(O)c1cccc(N2CCNC(=O)C2=O)c1. The number of amides is 2. The summed E-state index contributed by atoms with van der Waals surface area (Å²) in [4.78, 5) is 24.5. The van der Waals surface area contributed by atoms with Crippen LogP contribution in [0.3, 0.4) is 0 Å². The highest BCUT2D eigenvalue weighted by Gasteiger charge is 2.27. The number of benzene rings is 1. The molecule has 0 aromatic heterocycles. The second kappa shape index (κ2) is 5.81. The van der Waals surface area contributed by atoms with Crippen LogP contribution in [0.25, 0.3) is 0 Å².